The van der Waals surface area contributed by atoms with Crippen molar-refractivity contribution in [3.63, 3.8) is 0 Å². The highest BCUT2D eigenvalue weighted by Gasteiger charge is 2.44. The van der Waals surface area contributed by atoms with Crippen molar-refractivity contribution in [2.24, 2.45) is 7.05 Å². The molecule has 1 N–H and O–H groups in total. The van der Waals surface area contributed by atoms with E-state index in [2.05, 4.69) is 5.10 Å². The fourth-order valence-corrected chi connectivity index (χ4v) is 2.24. The van der Waals surface area contributed by atoms with Crippen LogP contribution in [0.4, 0.5) is 11.5 Å². The van der Waals surface area contributed by atoms with Crippen LogP contribution in [0.1, 0.15) is 19.0 Å². The molecule has 0 amide bonds. The van der Waals surface area contributed by atoms with Gasteiger partial charge in [-0.1, -0.05) is 6.92 Å². The Bertz CT molecular complexity index is 462. The molecule has 1 aromatic rings. The van der Waals surface area contributed by atoms with Crippen LogP contribution in [0, 0.1) is 17.0 Å². The first kappa shape index (κ1) is 11.8. The molecule has 7 heteroatoms. The number of rotatable bonds is 3. The van der Waals surface area contributed by atoms with Gasteiger partial charge in [0.1, 0.15) is 5.69 Å². The second-order valence-electron chi connectivity index (χ2n) is 4.57. The Balaban J connectivity index is 2.32. The summed E-state index contributed by atoms with van der Waals surface area (Å²) in [7, 11) is 1.68. The Kier molecular flexibility index (Phi) is 2.57. The highest BCUT2D eigenvalue weighted by atomic mass is 16.6. The van der Waals surface area contributed by atoms with Crippen molar-refractivity contribution in [3.05, 3.63) is 15.8 Å². The largest absolute Gasteiger partial charge is 0.386 e. The van der Waals surface area contributed by atoms with E-state index in [4.69, 9.17) is 0 Å². The number of hydrogen-bond acceptors (Lipinski definition) is 5. The van der Waals surface area contributed by atoms with Gasteiger partial charge in [-0.2, -0.15) is 5.10 Å². The van der Waals surface area contributed by atoms with E-state index in [9.17, 15) is 15.2 Å². The van der Waals surface area contributed by atoms with E-state index in [0.717, 1.165) is 0 Å². The summed E-state index contributed by atoms with van der Waals surface area (Å²) in [6.07, 6.45) is 0.647. The fourth-order valence-electron chi connectivity index (χ4n) is 2.24. The summed E-state index contributed by atoms with van der Waals surface area (Å²) in [6, 6.07) is 0. The molecule has 0 spiro atoms. The molecular weight excluding hydrogens is 224 g/mol. The maximum atomic E-state index is 11.0. The van der Waals surface area contributed by atoms with Crippen LogP contribution in [-0.2, 0) is 7.05 Å². The van der Waals surface area contributed by atoms with Gasteiger partial charge in [-0.3, -0.25) is 10.1 Å². The lowest BCUT2D eigenvalue weighted by Crippen LogP contribution is -2.62. The van der Waals surface area contributed by atoms with E-state index >= 15 is 0 Å². The summed E-state index contributed by atoms with van der Waals surface area (Å²) in [5.74, 6) is 0.477. The lowest BCUT2D eigenvalue weighted by Gasteiger charge is -2.46. The van der Waals surface area contributed by atoms with Gasteiger partial charge in [0.05, 0.1) is 23.6 Å². The summed E-state index contributed by atoms with van der Waals surface area (Å²) >= 11 is 0. The van der Waals surface area contributed by atoms with E-state index in [1.54, 1.807) is 18.9 Å². The lowest BCUT2D eigenvalue weighted by molar-refractivity contribution is -0.384. The molecule has 94 valence electrons. The van der Waals surface area contributed by atoms with Crippen LogP contribution < -0.4 is 4.90 Å². The SMILES string of the molecule is CCC1(O)CN(c2c([N+](=O)[O-])c(C)nn2C)C1. The monoisotopic (exact) mass is 240 g/mol. The van der Waals surface area contributed by atoms with Crippen molar-refractivity contribution in [3.8, 4) is 0 Å². The van der Waals surface area contributed by atoms with Crippen LogP contribution in [0.15, 0.2) is 0 Å². The molecule has 1 aliphatic heterocycles. The van der Waals surface area contributed by atoms with Gasteiger partial charge < -0.3 is 10.0 Å². The van der Waals surface area contributed by atoms with Crippen molar-refractivity contribution in [2.75, 3.05) is 18.0 Å². The minimum atomic E-state index is -0.716. The van der Waals surface area contributed by atoms with E-state index in [0.29, 0.717) is 31.0 Å². The summed E-state index contributed by atoms with van der Waals surface area (Å²) < 4.78 is 1.50. The van der Waals surface area contributed by atoms with E-state index < -0.39 is 10.5 Å². The smallest absolute Gasteiger partial charge is 0.333 e. The van der Waals surface area contributed by atoms with Crippen LogP contribution >= 0.6 is 0 Å². The minimum absolute atomic E-state index is 0.0330. The molecule has 0 aromatic carbocycles. The molecule has 1 fully saturated rings. The molecule has 1 aromatic heterocycles. The van der Waals surface area contributed by atoms with Crippen molar-refractivity contribution in [1.29, 1.82) is 0 Å². The predicted octanol–water partition coefficient (Wildman–Crippen LogP) is 0.598. The molecule has 0 saturated carbocycles. The molecule has 17 heavy (non-hydrogen) atoms. The third-order valence-electron chi connectivity index (χ3n) is 3.27. The van der Waals surface area contributed by atoms with Gasteiger partial charge in [0.2, 0.25) is 5.82 Å². The van der Waals surface area contributed by atoms with Gasteiger partial charge in [-0.15, -0.1) is 0 Å². The molecule has 1 saturated heterocycles. The zero-order chi connectivity index (χ0) is 12.8. The Labute approximate surface area is 98.8 Å². The molecule has 0 atom stereocenters. The van der Waals surface area contributed by atoms with Crippen molar-refractivity contribution in [1.82, 2.24) is 9.78 Å². The Morgan fingerprint density at radius 2 is 2.18 bits per heavy atom. The van der Waals surface area contributed by atoms with Crippen molar-refractivity contribution < 1.29 is 10.0 Å². The van der Waals surface area contributed by atoms with Crippen LogP contribution in [0.2, 0.25) is 0 Å². The van der Waals surface area contributed by atoms with Crippen LogP contribution in [0.3, 0.4) is 0 Å². The highest BCUT2D eigenvalue weighted by Crippen LogP contribution is 2.37. The normalized spacial score (nSPS) is 18.0. The molecule has 1 aliphatic rings. The van der Waals surface area contributed by atoms with Crippen molar-refractivity contribution in [2.45, 2.75) is 25.9 Å². The molecule has 0 unspecified atom stereocenters. The standard InChI is InChI=1S/C10H16N4O3/c1-4-10(15)5-13(6-10)9-8(14(16)17)7(2)11-12(9)3/h15H,4-6H2,1-3H3. The maximum absolute atomic E-state index is 11.0. The van der Waals surface area contributed by atoms with Gasteiger partial charge in [0.25, 0.3) is 0 Å². The second kappa shape index (κ2) is 3.69. The summed E-state index contributed by atoms with van der Waals surface area (Å²) in [4.78, 5) is 12.4. The first-order valence-electron chi connectivity index (χ1n) is 5.53. The van der Waals surface area contributed by atoms with Crippen molar-refractivity contribution >= 4 is 11.5 Å². The molecule has 2 heterocycles. The molecular formula is C10H16N4O3. The third-order valence-corrected chi connectivity index (χ3v) is 3.27. The average Bonchev–Trinajstić information content (AvgIpc) is 2.48. The number of nitro groups is 1. The third kappa shape index (κ3) is 1.76. The topological polar surface area (TPSA) is 84.4 Å². The molecule has 0 aliphatic carbocycles. The zero-order valence-electron chi connectivity index (χ0n) is 10.2. The molecule has 2 rings (SSSR count). The van der Waals surface area contributed by atoms with Crippen LogP contribution in [0.25, 0.3) is 0 Å². The van der Waals surface area contributed by atoms with Gasteiger partial charge in [0.15, 0.2) is 0 Å². The van der Waals surface area contributed by atoms with Gasteiger partial charge >= 0.3 is 5.69 Å². The Hall–Kier alpha value is -1.63. The number of aryl methyl sites for hydroxylation is 2. The summed E-state index contributed by atoms with van der Waals surface area (Å²) in [5.41, 5.74) is -0.281. The minimum Gasteiger partial charge on any atom is -0.386 e. The number of β-amino-alcohol motifs (C(OH)–C–C–N with tert-alkyl or cyclic N) is 1. The number of aliphatic hydroxyl groups is 1. The summed E-state index contributed by atoms with van der Waals surface area (Å²) in [6.45, 7) is 4.36. The molecule has 7 nitrogen and oxygen atoms in total. The number of nitrogens with zero attached hydrogens (tertiary/aromatic N) is 4. The Morgan fingerprint density at radius 3 is 2.65 bits per heavy atom. The summed E-state index contributed by atoms with van der Waals surface area (Å²) in [5, 5.41) is 25.0. The number of aromatic nitrogens is 2. The quantitative estimate of drug-likeness (QED) is 0.617. The van der Waals surface area contributed by atoms with Gasteiger partial charge in [-0.05, 0) is 13.3 Å². The fraction of sp³-hybridized carbons (Fsp3) is 0.700. The Morgan fingerprint density at radius 1 is 1.59 bits per heavy atom. The van der Waals surface area contributed by atoms with Gasteiger partial charge in [0, 0.05) is 7.05 Å². The zero-order valence-corrected chi connectivity index (χ0v) is 10.2. The van der Waals surface area contributed by atoms with E-state index in [1.807, 2.05) is 6.92 Å². The van der Waals surface area contributed by atoms with E-state index in [1.165, 1.54) is 4.68 Å². The van der Waals surface area contributed by atoms with E-state index in [-0.39, 0.29) is 5.69 Å². The first-order chi connectivity index (χ1) is 7.88. The molecule has 0 bridgehead atoms. The lowest BCUT2D eigenvalue weighted by atomic mass is 9.91. The molecule has 0 radical (unpaired) electrons. The number of anilines is 1. The number of hydrogen-bond donors (Lipinski definition) is 1. The first-order valence-corrected chi connectivity index (χ1v) is 5.53. The second-order valence-corrected chi connectivity index (χ2v) is 4.57. The highest BCUT2D eigenvalue weighted by molar-refractivity contribution is 5.63. The van der Waals surface area contributed by atoms with Gasteiger partial charge in [-0.25, -0.2) is 4.68 Å². The predicted molar refractivity (Wildman–Crippen MR) is 62.1 cm³/mol. The average molecular weight is 240 g/mol. The maximum Gasteiger partial charge on any atom is 0.333 e. The van der Waals surface area contributed by atoms with Crippen LogP contribution in [0.5, 0.6) is 0 Å². The van der Waals surface area contributed by atoms with Crippen LogP contribution in [-0.4, -0.2) is 38.5 Å².